The fourth-order valence-electron chi connectivity index (χ4n) is 1.41. The van der Waals surface area contributed by atoms with Crippen molar-refractivity contribution in [1.82, 2.24) is 0 Å². The third-order valence-corrected chi connectivity index (χ3v) is 3.83. The first kappa shape index (κ1) is 12.4. The van der Waals surface area contributed by atoms with Gasteiger partial charge in [-0.3, -0.25) is 4.55 Å². The average Bonchev–Trinajstić information content (AvgIpc) is 2.09. The van der Waals surface area contributed by atoms with Gasteiger partial charge in [0.05, 0.1) is 0 Å². The maximum absolute atomic E-state index is 11.2. The molecule has 1 aromatic rings. The Morgan fingerprint density at radius 1 is 1.53 bits per heavy atom. The van der Waals surface area contributed by atoms with E-state index in [9.17, 15) is 8.42 Å². The van der Waals surface area contributed by atoms with Crippen LogP contribution in [0.1, 0.15) is 11.1 Å². The molecule has 0 heterocycles. The van der Waals surface area contributed by atoms with Crippen LogP contribution in [0.5, 0.6) is 0 Å². The molecule has 0 fully saturated rings. The highest BCUT2D eigenvalue weighted by Gasteiger charge is 2.19. The number of halogens is 1. The predicted molar refractivity (Wildman–Crippen MR) is 62.6 cm³/mol. The first-order valence-corrected chi connectivity index (χ1v) is 6.47. The van der Waals surface area contributed by atoms with Crippen LogP contribution < -0.4 is 0 Å². The van der Waals surface area contributed by atoms with E-state index in [0.717, 1.165) is 0 Å². The summed E-state index contributed by atoms with van der Waals surface area (Å²) in [5.74, 6) is 0. The molecule has 0 saturated carbocycles. The number of rotatable bonds is 3. The molecule has 0 radical (unpaired) electrons. The summed E-state index contributed by atoms with van der Waals surface area (Å²) >= 11 is 3.25. The first-order chi connectivity index (χ1) is 6.88. The highest BCUT2D eigenvalue weighted by Crippen LogP contribution is 2.28. The van der Waals surface area contributed by atoms with E-state index in [-0.39, 0.29) is 4.90 Å². The minimum Gasteiger partial charge on any atom is -0.282 e. The van der Waals surface area contributed by atoms with E-state index < -0.39 is 10.1 Å². The highest BCUT2D eigenvalue weighted by atomic mass is 79.9. The number of benzene rings is 1. The van der Waals surface area contributed by atoms with Crippen LogP contribution in [0.4, 0.5) is 0 Å². The molecule has 0 aliphatic carbocycles. The van der Waals surface area contributed by atoms with E-state index in [0.29, 0.717) is 22.0 Å². The van der Waals surface area contributed by atoms with Crippen molar-refractivity contribution in [3.63, 3.8) is 0 Å². The molecule has 1 rings (SSSR count). The number of allylic oxidation sites excluding steroid dienone is 1. The number of hydrogen-bond donors (Lipinski definition) is 1. The van der Waals surface area contributed by atoms with E-state index in [1.54, 1.807) is 25.1 Å². The molecule has 15 heavy (non-hydrogen) atoms. The fourth-order valence-corrected chi connectivity index (χ4v) is 3.02. The summed E-state index contributed by atoms with van der Waals surface area (Å²) in [7, 11) is -4.19. The van der Waals surface area contributed by atoms with Gasteiger partial charge in [-0.15, -0.1) is 6.58 Å². The van der Waals surface area contributed by atoms with Crippen LogP contribution in [-0.4, -0.2) is 13.0 Å². The molecule has 0 amide bonds. The Labute approximate surface area is 97.7 Å². The van der Waals surface area contributed by atoms with Crippen LogP contribution in [0.15, 0.2) is 34.2 Å². The van der Waals surface area contributed by atoms with Crippen molar-refractivity contribution in [2.45, 2.75) is 18.2 Å². The van der Waals surface area contributed by atoms with Gasteiger partial charge in [0.2, 0.25) is 0 Å². The van der Waals surface area contributed by atoms with Crippen LogP contribution in [-0.2, 0) is 16.5 Å². The Hall–Kier alpha value is -0.650. The molecule has 1 aromatic carbocycles. The number of hydrogen-bond acceptors (Lipinski definition) is 2. The Morgan fingerprint density at radius 2 is 2.13 bits per heavy atom. The summed E-state index contributed by atoms with van der Waals surface area (Å²) in [6.07, 6.45) is 1.98. The first-order valence-electron chi connectivity index (χ1n) is 4.24. The lowest BCUT2D eigenvalue weighted by molar-refractivity contribution is 0.481. The molecule has 0 atom stereocenters. The largest absolute Gasteiger partial charge is 0.295 e. The van der Waals surface area contributed by atoms with E-state index in [2.05, 4.69) is 22.5 Å². The van der Waals surface area contributed by atoms with Crippen molar-refractivity contribution in [2.75, 3.05) is 0 Å². The molecule has 3 nitrogen and oxygen atoms in total. The van der Waals surface area contributed by atoms with Crippen molar-refractivity contribution in [1.29, 1.82) is 0 Å². The second kappa shape index (κ2) is 4.47. The zero-order chi connectivity index (χ0) is 11.6. The molecule has 0 bridgehead atoms. The van der Waals surface area contributed by atoms with Gasteiger partial charge in [0, 0.05) is 4.47 Å². The summed E-state index contributed by atoms with van der Waals surface area (Å²) in [4.78, 5) is -0.0308. The van der Waals surface area contributed by atoms with Gasteiger partial charge < -0.3 is 0 Å². The maximum atomic E-state index is 11.2. The van der Waals surface area contributed by atoms with Crippen molar-refractivity contribution in [3.8, 4) is 0 Å². The summed E-state index contributed by atoms with van der Waals surface area (Å²) < 4.78 is 32.2. The lowest BCUT2D eigenvalue weighted by Crippen LogP contribution is -2.06. The zero-order valence-electron chi connectivity index (χ0n) is 8.20. The molecule has 0 aromatic heterocycles. The third-order valence-electron chi connectivity index (χ3n) is 2.01. The van der Waals surface area contributed by atoms with Gasteiger partial charge in [0.15, 0.2) is 0 Å². The summed E-state index contributed by atoms with van der Waals surface area (Å²) in [6.45, 7) is 5.19. The molecule has 82 valence electrons. The van der Waals surface area contributed by atoms with Crippen LogP contribution in [0, 0.1) is 6.92 Å². The van der Waals surface area contributed by atoms with Crippen LogP contribution in [0.3, 0.4) is 0 Å². The smallest absolute Gasteiger partial charge is 0.282 e. The molecule has 1 N–H and O–H groups in total. The van der Waals surface area contributed by atoms with Crippen molar-refractivity contribution >= 4 is 26.0 Å². The van der Waals surface area contributed by atoms with Crippen molar-refractivity contribution in [2.24, 2.45) is 0 Å². The minimum atomic E-state index is -4.19. The Kier molecular flexibility index (Phi) is 3.70. The standard InChI is InChI=1S/C10H11BrO3S/c1-3-4-8-9(11)6-5-7(2)10(8)15(12,13)14/h3,5-6H,1,4H2,2H3,(H,12,13,14). The number of aryl methyl sites for hydroxylation is 1. The monoisotopic (exact) mass is 290 g/mol. The van der Waals surface area contributed by atoms with Crippen molar-refractivity contribution < 1.29 is 13.0 Å². The van der Waals surface area contributed by atoms with E-state index >= 15 is 0 Å². The molecular weight excluding hydrogens is 280 g/mol. The van der Waals surface area contributed by atoms with Gasteiger partial charge in [-0.25, -0.2) is 0 Å². The molecular formula is C10H11BrO3S. The van der Waals surface area contributed by atoms with Gasteiger partial charge in [0.25, 0.3) is 10.1 Å². The predicted octanol–water partition coefficient (Wildman–Crippen LogP) is 2.73. The van der Waals surface area contributed by atoms with Crippen LogP contribution >= 0.6 is 15.9 Å². The SMILES string of the molecule is C=CCc1c(Br)ccc(C)c1S(=O)(=O)O. The summed E-state index contributed by atoms with van der Waals surface area (Å²) in [5.41, 5.74) is 1.06. The molecule has 0 saturated heterocycles. The topological polar surface area (TPSA) is 54.4 Å². The van der Waals surface area contributed by atoms with E-state index in [1.165, 1.54) is 0 Å². The van der Waals surface area contributed by atoms with E-state index in [4.69, 9.17) is 4.55 Å². The lowest BCUT2D eigenvalue weighted by Gasteiger charge is -2.10. The van der Waals surface area contributed by atoms with Crippen molar-refractivity contribution in [3.05, 3.63) is 40.4 Å². The second-order valence-corrected chi connectivity index (χ2v) is 5.35. The summed E-state index contributed by atoms with van der Waals surface area (Å²) in [6, 6.07) is 3.39. The highest BCUT2D eigenvalue weighted by molar-refractivity contribution is 9.10. The molecule has 0 aliphatic heterocycles. The Bertz CT molecular complexity index is 492. The Morgan fingerprint density at radius 3 is 2.60 bits per heavy atom. The second-order valence-electron chi connectivity index (χ2n) is 3.14. The maximum Gasteiger partial charge on any atom is 0.295 e. The van der Waals surface area contributed by atoms with Crippen LogP contribution in [0.25, 0.3) is 0 Å². The van der Waals surface area contributed by atoms with Gasteiger partial charge >= 0.3 is 0 Å². The average molecular weight is 291 g/mol. The molecule has 0 aliphatic rings. The third kappa shape index (κ3) is 2.68. The minimum absolute atomic E-state index is 0.0308. The van der Waals surface area contributed by atoms with Gasteiger partial charge in [-0.05, 0) is 30.5 Å². The van der Waals surface area contributed by atoms with Gasteiger partial charge in [-0.1, -0.05) is 28.1 Å². The quantitative estimate of drug-likeness (QED) is 0.688. The van der Waals surface area contributed by atoms with Gasteiger partial charge in [-0.2, -0.15) is 8.42 Å². The lowest BCUT2D eigenvalue weighted by atomic mass is 10.1. The van der Waals surface area contributed by atoms with E-state index in [1.807, 2.05) is 0 Å². The molecule has 5 heteroatoms. The van der Waals surface area contributed by atoms with Gasteiger partial charge in [0.1, 0.15) is 4.90 Å². The zero-order valence-corrected chi connectivity index (χ0v) is 10.6. The molecule has 0 unspecified atom stereocenters. The summed E-state index contributed by atoms with van der Waals surface area (Å²) in [5, 5.41) is 0. The van der Waals surface area contributed by atoms with Crippen LogP contribution in [0.2, 0.25) is 0 Å². The molecule has 0 spiro atoms. The Balaban J connectivity index is 3.59. The normalized spacial score (nSPS) is 11.4. The fraction of sp³-hybridized carbons (Fsp3) is 0.200.